The molecule has 0 saturated carbocycles. The molecular formula is C25H34. The molecule has 0 N–H and O–H groups in total. The van der Waals surface area contributed by atoms with Crippen LogP contribution in [0.2, 0.25) is 0 Å². The smallest absolute Gasteiger partial charge is 0.0175 e. The second-order valence-corrected chi connectivity index (χ2v) is 8.82. The van der Waals surface area contributed by atoms with Crippen LogP contribution in [0.15, 0.2) is 48.1 Å². The second-order valence-electron chi connectivity index (χ2n) is 8.82. The summed E-state index contributed by atoms with van der Waals surface area (Å²) in [6, 6.07) is 6.87. The number of rotatable bonds is 5. The van der Waals surface area contributed by atoms with Crippen molar-refractivity contribution >= 4 is 5.57 Å². The van der Waals surface area contributed by atoms with Crippen molar-refractivity contribution in [3.05, 3.63) is 64.8 Å². The van der Waals surface area contributed by atoms with Crippen LogP contribution in [0.25, 0.3) is 5.57 Å². The molecule has 0 heteroatoms. The van der Waals surface area contributed by atoms with Crippen LogP contribution in [0.3, 0.4) is 0 Å². The van der Waals surface area contributed by atoms with Crippen molar-refractivity contribution in [2.75, 3.05) is 0 Å². The fourth-order valence-electron chi connectivity index (χ4n) is 4.32. The van der Waals surface area contributed by atoms with Gasteiger partial charge in [0.15, 0.2) is 0 Å². The molecule has 1 aromatic rings. The van der Waals surface area contributed by atoms with Gasteiger partial charge in [0.05, 0.1) is 0 Å². The first-order valence-electron chi connectivity index (χ1n) is 10.0. The van der Waals surface area contributed by atoms with Crippen LogP contribution in [0.4, 0.5) is 0 Å². The number of fused-ring (bicyclic) bond motifs is 2. The molecule has 0 aliphatic heterocycles. The fraction of sp³-hybridized carbons (Fsp3) is 0.520. The molecule has 0 aromatic heterocycles. The summed E-state index contributed by atoms with van der Waals surface area (Å²) in [5, 5.41) is 0. The molecule has 25 heavy (non-hydrogen) atoms. The molecule has 0 amide bonds. The van der Waals surface area contributed by atoms with Crippen molar-refractivity contribution < 1.29 is 0 Å². The maximum Gasteiger partial charge on any atom is 0.0175 e. The van der Waals surface area contributed by atoms with Crippen molar-refractivity contribution in [1.29, 1.82) is 0 Å². The third kappa shape index (κ3) is 3.28. The minimum atomic E-state index is 0.114. The van der Waals surface area contributed by atoms with Crippen LogP contribution in [0.5, 0.6) is 0 Å². The topological polar surface area (TPSA) is 0 Å². The van der Waals surface area contributed by atoms with Crippen LogP contribution in [-0.4, -0.2) is 0 Å². The van der Waals surface area contributed by atoms with Crippen LogP contribution in [0.1, 0.15) is 76.5 Å². The minimum absolute atomic E-state index is 0.114. The van der Waals surface area contributed by atoms with E-state index in [9.17, 15) is 0 Å². The first kappa shape index (κ1) is 18.2. The summed E-state index contributed by atoms with van der Waals surface area (Å²) in [7, 11) is 0. The lowest BCUT2D eigenvalue weighted by Gasteiger charge is -2.42. The van der Waals surface area contributed by atoms with Gasteiger partial charge in [-0.1, -0.05) is 94.2 Å². The lowest BCUT2D eigenvalue weighted by Crippen LogP contribution is -2.29. The highest BCUT2D eigenvalue weighted by molar-refractivity contribution is 5.78. The summed E-state index contributed by atoms with van der Waals surface area (Å²) < 4.78 is 0. The van der Waals surface area contributed by atoms with Gasteiger partial charge in [-0.05, 0) is 54.7 Å². The van der Waals surface area contributed by atoms with E-state index in [2.05, 4.69) is 71.5 Å². The summed E-state index contributed by atoms with van der Waals surface area (Å²) in [4.78, 5) is 0. The molecule has 0 saturated heterocycles. The van der Waals surface area contributed by atoms with Crippen molar-refractivity contribution in [2.45, 2.75) is 73.1 Å². The van der Waals surface area contributed by atoms with Crippen molar-refractivity contribution in [3.63, 3.8) is 0 Å². The molecule has 2 aliphatic carbocycles. The Morgan fingerprint density at radius 3 is 2.60 bits per heavy atom. The van der Waals surface area contributed by atoms with Crippen LogP contribution in [0, 0.1) is 17.8 Å². The minimum Gasteiger partial charge on any atom is -0.0943 e. The Labute approximate surface area is 154 Å². The van der Waals surface area contributed by atoms with Gasteiger partial charge >= 0.3 is 0 Å². The summed E-state index contributed by atoms with van der Waals surface area (Å²) >= 11 is 0. The maximum atomic E-state index is 4.52. The lowest BCUT2D eigenvalue weighted by atomic mass is 9.62. The number of aryl methyl sites for hydroxylation is 1. The van der Waals surface area contributed by atoms with Gasteiger partial charge in [-0.2, -0.15) is 0 Å². The first-order chi connectivity index (χ1) is 11.8. The van der Waals surface area contributed by atoms with Gasteiger partial charge in [0.25, 0.3) is 0 Å². The molecule has 0 heterocycles. The summed E-state index contributed by atoms with van der Waals surface area (Å²) in [5.41, 5.74) is 9.20. The zero-order valence-electron chi connectivity index (χ0n) is 16.8. The molecule has 2 aliphatic rings. The van der Waals surface area contributed by atoms with Gasteiger partial charge in [-0.3, -0.25) is 0 Å². The molecule has 0 bridgehead atoms. The van der Waals surface area contributed by atoms with Crippen molar-refractivity contribution in [2.24, 2.45) is 10.8 Å². The molecule has 0 spiro atoms. The van der Waals surface area contributed by atoms with E-state index in [4.69, 9.17) is 0 Å². The van der Waals surface area contributed by atoms with Gasteiger partial charge in [0.2, 0.25) is 0 Å². The van der Waals surface area contributed by atoms with E-state index in [0.717, 1.165) is 12.8 Å². The molecule has 3 rings (SSSR count). The van der Waals surface area contributed by atoms with E-state index in [-0.39, 0.29) is 5.41 Å². The third-order valence-electron chi connectivity index (χ3n) is 7.20. The van der Waals surface area contributed by atoms with Gasteiger partial charge in [-0.15, -0.1) is 0 Å². The van der Waals surface area contributed by atoms with E-state index >= 15 is 0 Å². The molecule has 134 valence electrons. The zero-order valence-corrected chi connectivity index (χ0v) is 16.8. The Bertz CT molecular complexity index is 739. The Morgan fingerprint density at radius 1 is 1.20 bits per heavy atom. The molecule has 1 unspecified atom stereocenters. The van der Waals surface area contributed by atoms with E-state index in [1.54, 1.807) is 11.1 Å². The average molecular weight is 335 g/mol. The average Bonchev–Trinajstić information content (AvgIpc) is 2.62. The second kappa shape index (κ2) is 6.63. The molecule has 0 nitrogen and oxygen atoms in total. The molecular weight excluding hydrogens is 300 g/mol. The Kier molecular flexibility index (Phi) is 4.84. The monoisotopic (exact) mass is 334 g/mol. The maximum absolute atomic E-state index is 4.52. The van der Waals surface area contributed by atoms with Crippen LogP contribution >= 0.6 is 0 Å². The fourth-order valence-corrected chi connectivity index (χ4v) is 4.32. The van der Waals surface area contributed by atoms with Gasteiger partial charge < -0.3 is 0 Å². The Hall–Kier alpha value is -1.56. The molecule has 0 fully saturated rings. The van der Waals surface area contributed by atoms with E-state index in [1.165, 1.54) is 47.9 Å². The van der Waals surface area contributed by atoms with Crippen LogP contribution < -0.4 is 0 Å². The molecule has 1 aromatic carbocycles. The standard InChI is InChI=1S/C25H34/c1-7-24(5,8-2)13-11-20-12-14-25(6)19(4)23-15-18(3)9-10-21(23)17-22(25)16-20/h9-10,12,15-16H,4,7-8,11,13-14,17H2,1-3,5-6H3. The highest BCUT2D eigenvalue weighted by Gasteiger charge is 2.38. The van der Waals surface area contributed by atoms with Gasteiger partial charge in [0, 0.05) is 5.41 Å². The van der Waals surface area contributed by atoms with Crippen LogP contribution in [-0.2, 0) is 6.42 Å². The lowest BCUT2D eigenvalue weighted by molar-refractivity contribution is 0.273. The third-order valence-corrected chi connectivity index (χ3v) is 7.20. The van der Waals surface area contributed by atoms with Gasteiger partial charge in [0.1, 0.15) is 0 Å². The Balaban J connectivity index is 1.85. The highest BCUT2D eigenvalue weighted by atomic mass is 14.4. The van der Waals surface area contributed by atoms with Gasteiger partial charge in [-0.25, -0.2) is 0 Å². The predicted molar refractivity (Wildman–Crippen MR) is 111 cm³/mol. The summed E-state index contributed by atoms with van der Waals surface area (Å²) in [6.45, 7) is 16.2. The largest absolute Gasteiger partial charge is 0.0943 e. The van der Waals surface area contributed by atoms with Crippen molar-refractivity contribution in [1.82, 2.24) is 0 Å². The SMILES string of the molecule is C=C1c2cc(C)ccc2CC2=CC(CCC(C)(CC)CC)=CCC12C. The number of allylic oxidation sites excluding steroid dienone is 5. The molecule has 0 radical (unpaired) electrons. The normalized spacial score (nSPS) is 22.8. The van der Waals surface area contributed by atoms with E-state index in [0.29, 0.717) is 5.41 Å². The first-order valence-corrected chi connectivity index (χ1v) is 10.0. The van der Waals surface area contributed by atoms with E-state index in [1.807, 2.05) is 0 Å². The highest BCUT2D eigenvalue weighted by Crippen LogP contribution is 2.52. The zero-order chi connectivity index (χ0) is 18.2. The molecule has 1 atom stereocenters. The predicted octanol–water partition coefficient (Wildman–Crippen LogP) is 7.43. The van der Waals surface area contributed by atoms with Crippen molar-refractivity contribution in [3.8, 4) is 0 Å². The Morgan fingerprint density at radius 2 is 1.92 bits per heavy atom. The summed E-state index contributed by atoms with van der Waals surface area (Å²) in [6.07, 6.45) is 12.2. The summed E-state index contributed by atoms with van der Waals surface area (Å²) in [5.74, 6) is 0. The number of hydrogen-bond acceptors (Lipinski definition) is 0. The van der Waals surface area contributed by atoms with E-state index < -0.39 is 0 Å². The number of benzene rings is 1. The number of hydrogen-bond donors (Lipinski definition) is 0. The quantitative estimate of drug-likeness (QED) is 0.525.